The van der Waals surface area contributed by atoms with E-state index in [0.29, 0.717) is 48.5 Å². The summed E-state index contributed by atoms with van der Waals surface area (Å²) < 4.78 is 29.3. The van der Waals surface area contributed by atoms with Crippen LogP contribution in [0.2, 0.25) is 0 Å². The van der Waals surface area contributed by atoms with Crippen molar-refractivity contribution in [1.82, 2.24) is 19.5 Å². The molecule has 1 aliphatic heterocycles. The predicted molar refractivity (Wildman–Crippen MR) is 157 cm³/mol. The van der Waals surface area contributed by atoms with E-state index in [0.717, 1.165) is 19.1 Å². The van der Waals surface area contributed by atoms with Gasteiger partial charge in [0.15, 0.2) is 0 Å². The van der Waals surface area contributed by atoms with E-state index in [1.54, 1.807) is 23.1 Å². The number of terminal acetylenes is 1. The van der Waals surface area contributed by atoms with Crippen molar-refractivity contribution in [3.05, 3.63) is 83.2 Å². The number of fused-ring (bicyclic) bond motifs is 1. The second-order valence-electron chi connectivity index (χ2n) is 10.2. The second kappa shape index (κ2) is 13.4. The number of allylic oxidation sites excluding steroid dienone is 3. The molecule has 4 atom stereocenters. The van der Waals surface area contributed by atoms with Gasteiger partial charge < -0.3 is 14.8 Å². The Kier molecular flexibility index (Phi) is 9.90. The molecule has 2 aromatic rings. The molecule has 1 saturated carbocycles. The molecule has 2 amide bonds. The van der Waals surface area contributed by atoms with E-state index in [1.807, 2.05) is 47.3 Å². The van der Waals surface area contributed by atoms with Crippen molar-refractivity contribution in [2.75, 3.05) is 12.8 Å². The van der Waals surface area contributed by atoms with Gasteiger partial charge in [0.25, 0.3) is 5.91 Å². The van der Waals surface area contributed by atoms with Crippen LogP contribution >= 0.6 is 11.6 Å². The highest BCUT2D eigenvalue weighted by molar-refractivity contribution is 7.88. The summed E-state index contributed by atoms with van der Waals surface area (Å²) in [7, 11) is -3.52. The topological polar surface area (TPSA) is 101 Å². The molecule has 0 bridgehead atoms. The monoisotopic (exact) mass is 582 g/mol. The number of sulfonamides is 1. The maximum absolute atomic E-state index is 14.1. The maximum atomic E-state index is 14.1. The molecule has 0 spiro atoms. The maximum Gasteiger partial charge on any atom is 0.254 e. The molecular formula is C30H35ClN4O4S. The third-order valence-corrected chi connectivity index (χ3v) is 8.41. The smallest absolute Gasteiger partial charge is 0.254 e. The summed E-state index contributed by atoms with van der Waals surface area (Å²) in [4.78, 5) is 29.7. The molecule has 2 aliphatic rings. The third kappa shape index (κ3) is 7.25. The number of aromatic nitrogens is 1. The normalized spacial score (nSPS) is 23.6. The van der Waals surface area contributed by atoms with Crippen molar-refractivity contribution in [3.8, 4) is 12.3 Å². The van der Waals surface area contributed by atoms with Gasteiger partial charge in [0.05, 0.1) is 18.2 Å². The average molecular weight is 583 g/mol. The molecule has 0 saturated heterocycles. The lowest BCUT2D eigenvalue weighted by molar-refractivity contribution is -0.124. The zero-order chi connectivity index (χ0) is 28.7. The highest BCUT2D eigenvalue weighted by Gasteiger charge is 2.47. The molecule has 2 heterocycles. The van der Waals surface area contributed by atoms with E-state index in [2.05, 4.69) is 16.0 Å². The lowest BCUT2D eigenvalue weighted by Crippen LogP contribution is -2.62. The highest BCUT2D eigenvalue weighted by atomic mass is 35.5. The Labute approximate surface area is 241 Å². The van der Waals surface area contributed by atoms with Crippen molar-refractivity contribution in [2.24, 2.45) is 0 Å². The Morgan fingerprint density at radius 2 is 1.90 bits per heavy atom. The van der Waals surface area contributed by atoms with Crippen LogP contribution in [-0.4, -0.2) is 60.6 Å². The Morgan fingerprint density at radius 3 is 2.62 bits per heavy atom. The largest absolute Gasteiger partial charge is 0.354 e. The third-order valence-electron chi connectivity index (χ3n) is 7.45. The van der Waals surface area contributed by atoms with Gasteiger partial charge in [-0.15, -0.1) is 6.42 Å². The standard InChI is InChI=1S/C30H35ClN4O4S/c1-3-11-22(31)12-10-17-27-28(29(36)32-18-21-34-19-8-9-20-34)23-13-4-5-14-24(23)30(37)35(27)26-16-7-6-15-25(26)33-40(2,38)39/h1,4-5,8-14,19-20,25-28,33H,6-7,15-18,21H2,2H3,(H,32,36)/b12-10-,22-11+/t25-,26-,27-,28+/m0/s1. The van der Waals surface area contributed by atoms with Crippen LogP contribution in [-0.2, 0) is 21.4 Å². The zero-order valence-electron chi connectivity index (χ0n) is 22.5. The number of halogens is 1. The van der Waals surface area contributed by atoms with E-state index in [-0.39, 0.29) is 11.8 Å². The Balaban J connectivity index is 1.73. The van der Waals surface area contributed by atoms with E-state index >= 15 is 0 Å². The Hall–Kier alpha value is -3.32. The number of nitrogens with zero attached hydrogens (tertiary/aromatic N) is 2. The van der Waals surface area contributed by atoms with Crippen LogP contribution in [0.5, 0.6) is 0 Å². The zero-order valence-corrected chi connectivity index (χ0v) is 24.1. The van der Waals surface area contributed by atoms with Gasteiger partial charge in [0, 0.05) is 54.2 Å². The van der Waals surface area contributed by atoms with Gasteiger partial charge in [0.1, 0.15) is 0 Å². The summed E-state index contributed by atoms with van der Waals surface area (Å²) in [5, 5.41) is 3.43. The number of carbonyl (C=O) groups is 2. The summed E-state index contributed by atoms with van der Waals surface area (Å²) >= 11 is 6.20. The van der Waals surface area contributed by atoms with E-state index in [9.17, 15) is 18.0 Å². The molecule has 1 aliphatic carbocycles. The SMILES string of the molecule is C#C/C=C(Cl)\C=C/C[C@H]1[C@H](C(=O)NCCn2cccc2)c2ccccc2C(=O)N1[C@H]1CCCC[C@@H]1NS(C)(=O)=O. The van der Waals surface area contributed by atoms with Gasteiger partial charge in [-0.05, 0) is 49.1 Å². The van der Waals surface area contributed by atoms with Crippen LogP contribution in [0.1, 0.15) is 53.9 Å². The molecular weight excluding hydrogens is 548 g/mol. The predicted octanol–water partition coefficient (Wildman–Crippen LogP) is 3.78. The van der Waals surface area contributed by atoms with Crippen LogP contribution in [0.3, 0.4) is 0 Å². The highest BCUT2D eigenvalue weighted by Crippen LogP contribution is 2.39. The van der Waals surface area contributed by atoms with E-state index in [1.165, 1.54) is 6.08 Å². The summed E-state index contributed by atoms with van der Waals surface area (Å²) in [5.41, 5.74) is 1.12. The Bertz CT molecular complexity index is 1410. The molecule has 40 heavy (non-hydrogen) atoms. The lowest BCUT2D eigenvalue weighted by Gasteiger charge is -2.48. The summed E-state index contributed by atoms with van der Waals surface area (Å²) in [6, 6.07) is 9.62. The minimum absolute atomic E-state index is 0.191. The van der Waals surface area contributed by atoms with Crippen LogP contribution in [0.4, 0.5) is 0 Å². The molecule has 1 fully saturated rings. The summed E-state index contributed by atoms with van der Waals surface area (Å²) in [6.07, 6.45) is 18.5. The summed E-state index contributed by atoms with van der Waals surface area (Å²) in [6.45, 7) is 1.02. The van der Waals surface area contributed by atoms with Crippen molar-refractivity contribution in [2.45, 2.75) is 62.7 Å². The molecule has 8 nitrogen and oxygen atoms in total. The van der Waals surface area contributed by atoms with Gasteiger partial charge in [-0.2, -0.15) is 0 Å². The number of benzene rings is 1. The lowest BCUT2D eigenvalue weighted by atomic mass is 9.77. The number of nitrogens with one attached hydrogen (secondary N) is 2. The molecule has 212 valence electrons. The minimum Gasteiger partial charge on any atom is -0.354 e. The molecule has 1 aromatic heterocycles. The van der Waals surface area contributed by atoms with Crippen LogP contribution in [0.15, 0.2) is 72.1 Å². The molecule has 4 rings (SSSR count). The fourth-order valence-corrected chi connectivity index (χ4v) is 6.80. The quantitative estimate of drug-likeness (QED) is 0.329. The molecule has 0 unspecified atom stereocenters. The van der Waals surface area contributed by atoms with E-state index < -0.39 is 34.1 Å². The van der Waals surface area contributed by atoms with Crippen molar-refractivity contribution in [3.63, 3.8) is 0 Å². The summed E-state index contributed by atoms with van der Waals surface area (Å²) in [5.74, 6) is 1.32. The number of hydrogen-bond donors (Lipinski definition) is 2. The minimum atomic E-state index is -3.52. The van der Waals surface area contributed by atoms with Crippen molar-refractivity contribution < 1.29 is 18.0 Å². The van der Waals surface area contributed by atoms with Crippen molar-refractivity contribution in [1.29, 1.82) is 0 Å². The van der Waals surface area contributed by atoms with Gasteiger partial charge in [-0.1, -0.05) is 54.6 Å². The first-order valence-electron chi connectivity index (χ1n) is 13.5. The fraction of sp³-hybridized carbons (Fsp3) is 0.400. The van der Waals surface area contributed by atoms with Crippen LogP contribution in [0.25, 0.3) is 0 Å². The fourth-order valence-electron chi connectivity index (χ4n) is 5.82. The van der Waals surface area contributed by atoms with Gasteiger partial charge in [-0.3, -0.25) is 9.59 Å². The number of hydrogen-bond acceptors (Lipinski definition) is 4. The van der Waals surface area contributed by atoms with Gasteiger partial charge in [-0.25, -0.2) is 13.1 Å². The Morgan fingerprint density at radius 1 is 1.18 bits per heavy atom. The first kappa shape index (κ1) is 29.7. The molecule has 1 aromatic carbocycles. The van der Waals surface area contributed by atoms with Gasteiger partial charge >= 0.3 is 0 Å². The van der Waals surface area contributed by atoms with Crippen molar-refractivity contribution >= 4 is 33.4 Å². The molecule has 10 heteroatoms. The number of amides is 2. The van der Waals surface area contributed by atoms with E-state index in [4.69, 9.17) is 18.0 Å². The molecule has 0 radical (unpaired) electrons. The average Bonchev–Trinajstić information content (AvgIpc) is 3.42. The van der Waals surface area contributed by atoms with Crippen LogP contribution in [0, 0.1) is 12.3 Å². The molecule has 2 N–H and O–H groups in total. The number of rotatable bonds is 10. The second-order valence-corrected chi connectivity index (χ2v) is 12.5. The number of carbonyl (C=O) groups excluding carboxylic acids is 2. The first-order valence-corrected chi connectivity index (χ1v) is 15.7. The first-order chi connectivity index (χ1) is 19.2. The van der Waals surface area contributed by atoms with Gasteiger partial charge in [0.2, 0.25) is 15.9 Å². The van der Waals surface area contributed by atoms with Crippen LogP contribution < -0.4 is 10.0 Å².